The summed E-state index contributed by atoms with van der Waals surface area (Å²) in [5, 5.41) is 7.82. The van der Waals surface area contributed by atoms with Crippen molar-refractivity contribution in [1.29, 1.82) is 0 Å². The standard InChI is InChI=1S/C31H38FN7O2/c1-20-29(21(2)39(36-20)28-15-33-11-12-34-28)31(41)38-18-24-16-37(17-25(24)19-38)13-10-27(23-8-5-9-26(32)14-23)35-30(40)22-6-3-4-7-22/h5,8-9,11-12,14-15,22,24-25,27H,3-4,6-7,10,13,16-19H2,1-2H3,(H,35,40)/t24?,25?,27-/m0/s1. The molecule has 0 radical (unpaired) electrons. The molecule has 2 aromatic heterocycles. The van der Waals surface area contributed by atoms with E-state index in [9.17, 15) is 14.0 Å². The second-order valence-electron chi connectivity index (χ2n) is 11.9. The van der Waals surface area contributed by atoms with Crippen molar-refractivity contribution in [1.82, 2.24) is 34.9 Å². The summed E-state index contributed by atoms with van der Waals surface area (Å²) in [6.07, 6.45) is 9.67. The second kappa shape index (κ2) is 11.7. The summed E-state index contributed by atoms with van der Waals surface area (Å²) in [5.41, 5.74) is 2.93. The van der Waals surface area contributed by atoms with E-state index in [0.29, 0.717) is 28.9 Å². The van der Waals surface area contributed by atoms with E-state index >= 15 is 0 Å². The molecule has 2 aliphatic heterocycles. The Bertz CT molecular complexity index is 1390. The van der Waals surface area contributed by atoms with Crippen molar-refractivity contribution >= 4 is 11.8 Å². The van der Waals surface area contributed by atoms with Crippen molar-refractivity contribution in [2.45, 2.75) is 52.0 Å². The van der Waals surface area contributed by atoms with E-state index in [0.717, 1.165) is 76.1 Å². The molecule has 3 fully saturated rings. The monoisotopic (exact) mass is 559 g/mol. The highest BCUT2D eigenvalue weighted by Gasteiger charge is 2.42. The Morgan fingerprint density at radius 3 is 2.51 bits per heavy atom. The van der Waals surface area contributed by atoms with Crippen molar-refractivity contribution in [2.24, 2.45) is 17.8 Å². The van der Waals surface area contributed by atoms with Crippen molar-refractivity contribution in [3.63, 3.8) is 0 Å². The van der Waals surface area contributed by atoms with Crippen molar-refractivity contribution in [3.05, 3.63) is 71.2 Å². The van der Waals surface area contributed by atoms with Crippen molar-refractivity contribution in [2.75, 3.05) is 32.7 Å². The third kappa shape index (κ3) is 5.75. The van der Waals surface area contributed by atoms with Crippen LogP contribution in [-0.4, -0.2) is 74.1 Å². The Hall–Kier alpha value is -3.66. The minimum Gasteiger partial charge on any atom is -0.349 e. The number of fused-ring (bicyclic) bond motifs is 1. The highest BCUT2D eigenvalue weighted by Crippen LogP contribution is 2.34. The smallest absolute Gasteiger partial charge is 0.257 e. The molecule has 2 unspecified atom stereocenters. The van der Waals surface area contributed by atoms with E-state index in [1.165, 1.54) is 12.1 Å². The normalized spacial score (nSPS) is 21.8. The molecule has 1 aliphatic carbocycles. The molecule has 2 amide bonds. The van der Waals surface area contributed by atoms with Crippen LogP contribution in [0.3, 0.4) is 0 Å². The van der Waals surface area contributed by atoms with Crippen molar-refractivity contribution in [3.8, 4) is 5.82 Å². The van der Waals surface area contributed by atoms with Gasteiger partial charge in [-0.1, -0.05) is 25.0 Å². The molecule has 2 saturated heterocycles. The van der Waals surface area contributed by atoms with Crippen molar-refractivity contribution < 1.29 is 14.0 Å². The van der Waals surface area contributed by atoms with E-state index in [1.54, 1.807) is 29.3 Å². The van der Waals surface area contributed by atoms with Gasteiger partial charge >= 0.3 is 0 Å². The number of hydrogen-bond donors (Lipinski definition) is 1. The average molecular weight is 560 g/mol. The topological polar surface area (TPSA) is 96.2 Å². The SMILES string of the molecule is Cc1nn(-c2cnccn2)c(C)c1C(=O)N1CC2CN(CC[C@H](NC(=O)C3CCCC3)c3cccc(F)c3)CC2C1. The zero-order chi connectivity index (χ0) is 28.5. The summed E-state index contributed by atoms with van der Waals surface area (Å²) in [7, 11) is 0. The molecule has 0 spiro atoms. The first-order valence-electron chi connectivity index (χ1n) is 14.8. The number of benzene rings is 1. The summed E-state index contributed by atoms with van der Waals surface area (Å²) < 4.78 is 15.7. The van der Waals surface area contributed by atoms with E-state index in [1.807, 2.05) is 24.8 Å². The Morgan fingerprint density at radius 1 is 1.07 bits per heavy atom. The van der Waals surface area contributed by atoms with Gasteiger partial charge in [0.2, 0.25) is 5.91 Å². The first-order chi connectivity index (χ1) is 19.9. The molecular weight excluding hydrogens is 521 g/mol. The van der Waals surface area contributed by atoms with Gasteiger partial charge in [-0.3, -0.25) is 14.6 Å². The van der Waals surface area contributed by atoms with Gasteiger partial charge in [-0.2, -0.15) is 5.10 Å². The molecule has 1 N–H and O–H groups in total. The number of aryl methyl sites for hydroxylation is 1. The number of aromatic nitrogens is 4. The molecule has 4 heterocycles. The van der Waals surface area contributed by atoms with Crippen LogP contribution in [0.5, 0.6) is 0 Å². The fourth-order valence-corrected chi connectivity index (χ4v) is 7.01. The van der Waals surface area contributed by atoms with E-state index in [4.69, 9.17) is 0 Å². The van der Waals surface area contributed by atoms with E-state index in [-0.39, 0.29) is 29.6 Å². The Kier molecular flexibility index (Phi) is 7.84. The maximum Gasteiger partial charge on any atom is 0.257 e. The van der Waals surface area contributed by atoms with Gasteiger partial charge in [0.1, 0.15) is 5.82 Å². The van der Waals surface area contributed by atoms with Gasteiger partial charge in [0.05, 0.1) is 29.2 Å². The van der Waals surface area contributed by atoms with E-state index < -0.39 is 0 Å². The molecule has 41 heavy (non-hydrogen) atoms. The average Bonchev–Trinajstić information content (AvgIpc) is 3.75. The minimum absolute atomic E-state index is 0.0249. The first kappa shape index (κ1) is 27.5. The van der Waals surface area contributed by atoms with Crippen LogP contribution in [0.15, 0.2) is 42.9 Å². The third-order valence-electron chi connectivity index (χ3n) is 9.15. The highest BCUT2D eigenvalue weighted by molar-refractivity contribution is 5.96. The van der Waals surface area contributed by atoms with E-state index in [2.05, 4.69) is 25.3 Å². The van der Waals surface area contributed by atoms with Gasteiger partial charge in [-0.15, -0.1) is 0 Å². The van der Waals surface area contributed by atoms with Gasteiger partial charge in [0, 0.05) is 51.0 Å². The van der Waals surface area contributed by atoms with Gasteiger partial charge in [0.15, 0.2) is 5.82 Å². The molecule has 3 atom stereocenters. The van der Waals surface area contributed by atoms with Crippen LogP contribution in [0.2, 0.25) is 0 Å². The number of halogens is 1. The number of rotatable bonds is 8. The lowest BCUT2D eigenvalue weighted by atomic mass is 10.0. The molecule has 1 aromatic carbocycles. The van der Waals surface area contributed by atoms with Crippen LogP contribution in [0.4, 0.5) is 4.39 Å². The number of amides is 2. The fraction of sp³-hybridized carbons (Fsp3) is 0.516. The quantitative estimate of drug-likeness (QED) is 0.450. The summed E-state index contributed by atoms with van der Waals surface area (Å²) in [4.78, 5) is 39.4. The Labute approximate surface area is 240 Å². The number of nitrogens with zero attached hydrogens (tertiary/aromatic N) is 6. The summed E-state index contributed by atoms with van der Waals surface area (Å²) >= 11 is 0. The summed E-state index contributed by atoms with van der Waals surface area (Å²) in [6.45, 7) is 7.86. The number of carbonyl (C=O) groups is 2. The summed E-state index contributed by atoms with van der Waals surface area (Å²) in [5.74, 6) is 1.33. The molecule has 0 bridgehead atoms. The molecular formula is C31H38FN7O2. The number of nitrogens with one attached hydrogen (secondary N) is 1. The lowest BCUT2D eigenvalue weighted by molar-refractivity contribution is -0.125. The zero-order valence-corrected chi connectivity index (χ0v) is 23.8. The zero-order valence-electron chi connectivity index (χ0n) is 23.8. The molecule has 3 aromatic rings. The van der Waals surface area contributed by atoms with Crippen LogP contribution < -0.4 is 5.32 Å². The van der Waals surface area contributed by atoms with Crippen LogP contribution in [0, 0.1) is 37.4 Å². The van der Waals surface area contributed by atoms with Crippen LogP contribution in [-0.2, 0) is 4.79 Å². The number of hydrogen-bond acceptors (Lipinski definition) is 6. The molecule has 1 saturated carbocycles. The largest absolute Gasteiger partial charge is 0.349 e. The molecule has 6 rings (SSSR count). The third-order valence-corrected chi connectivity index (χ3v) is 9.15. The Balaban J connectivity index is 1.07. The van der Waals surface area contributed by atoms with Crippen LogP contribution >= 0.6 is 0 Å². The molecule has 9 nitrogen and oxygen atoms in total. The minimum atomic E-state index is -0.282. The van der Waals surface area contributed by atoms with Crippen LogP contribution in [0.25, 0.3) is 5.82 Å². The maximum atomic E-state index is 14.1. The van der Waals surface area contributed by atoms with Crippen LogP contribution in [0.1, 0.15) is 65.5 Å². The maximum absolute atomic E-state index is 14.1. The lowest BCUT2D eigenvalue weighted by Gasteiger charge is -2.26. The fourth-order valence-electron chi connectivity index (χ4n) is 7.01. The molecule has 10 heteroatoms. The second-order valence-corrected chi connectivity index (χ2v) is 11.9. The molecule has 3 aliphatic rings. The molecule has 216 valence electrons. The van der Waals surface area contributed by atoms with Gasteiger partial charge in [0.25, 0.3) is 5.91 Å². The highest BCUT2D eigenvalue weighted by atomic mass is 19.1. The Morgan fingerprint density at radius 2 is 1.83 bits per heavy atom. The first-order valence-corrected chi connectivity index (χ1v) is 14.8. The predicted molar refractivity (Wildman–Crippen MR) is 152 cm³/mol. The van der Waals surface area contributed by atoms with Gasteiger partial charge in [-0.25, -0.2) is 14.1 Å². The number of likely N-dealkylation sites (tertiary alicyclic amines) is 2. The summed E-state index contributed by atoms with van der Waals surface area (Å²) in [6, 6.07) is 6.39. The predicted octanol–water partition coefficient (Wildman–Crippen LogP) is 3.86. The van der Waals surface area contributed by atoms with Gasteiger partial charge < -0.3 is 15.1 Å². The lowest BCUT2D eigenvalue weighted by Crippen LogP contribution is -2.37. The van der Waals surface area contributed by atoms with Gasteiger partial charge in [-0.05, 0) is 62.6 Å². The number of carbonyl (C=O) groups excluding carboxylic acids is 2.